The van der Waals surface area contributed by atoms with E-state index in [1.54, 1.807) is 49.1 Å². The highest BCUT2D eigenvalue weighted by atomic mass is 16.2. The van der Waals surface area contributed by atoms with Crippen LogP contribution in [-0.4, -0.2) is 40.4 Å². The van der Waals surface area contributed by atoms with E-state index in [4.69, 9.17) is 0 Å². The van der Waals surface area contributed by atoms with E-state index < -0.39 is 6.04 Å². The molecule has 1 aliphatic rings. The Kier molecular flexibility index (Phi) is 4.99. The molecule has 148 valence electrons. The van der Waals surface area contributed by atoms with E-state index in [1.807, 2.05) is 12.1 Å². The van der Waals surface area contributed by atoms with Gasteiger partial charge in [-0.2, -0.15) is 0 Å². The lowest BCUT2D eigenvalue weighted by Gasteiger charge is -2.12. The normalized spacial score (nSPS) is 13.3. The molecule has 1 aliphatic heterocycles. The summed E-state index contributed by atoms with van der Waals surface area (Å²) in [6.45, 7) is 2.70. The molecule has 8 heteroatoms. The lowest BCUT2D eigenvalue weighted by atomic mass is 10.1. The van der Waals surface area contributed by atoms with Gasteiger partial charge >= 0.3 is 0 Å². The predicted molar refractivity (Wildman–Crippen MR) is 111 cm³/mol. The second kappa shape index (κ2) is 7.75. The monoisotopic (exact) mass is 390 g/mol. The first kappa shape index (κ1) is 18.7. The molecule has 2 heterocycles. The zero-order valence-electron chi connectivity index (χ0n) is 16.3. The Labute approximate surface area is 168 Å². The lowest BCUT2D eigenvalue weighted by Crippen LogP contribution is -2.24. The minimum Gasteiger partial charge on any atom is -0.384 e. The number of carbonyl (C=O) groups is 2. The first-order valence-corrected chi connectivity index (χ1v) is 9.47. The number of hydrogen-bond donors (Lipinski definition) is 3. The summed E-state index contributed by atoms with van der Waals surface area (Å²) >= 11 is 0. The van der Waals surface area contributed by atoms with Gasteiger partial charge in [0.2, 0.25) is 5.91 Å². The van der Waals surface area contributed by atoms with Gasteiger partial charge in [0.25, 0.3) is 5.91 Å². The summed E-state index contributed by atoms with van der Waals surface area (Å²) in [4.78, 5) is 24.4. The van der Waals surface area contributed by atoms with Crippen LogP contribution in [0.4, 0.5) is 11.4 Å². The van der Waals surface area contributed by atoms with E-state index in [0.29, 0.717) is 11.3 Å². The molecule has 1 unspecified atom stereocenters. The number of nitrogens with zero attached hydrogens (tertiary/aromatic N) is 3. The van der Waals surface area contributed by atoms with Crippen molar-refractivity contribution >= 4 is 23.2 Å². The van der Waals surface area contributed by atoms with Crippen molar-refractivity contribution < 1.29 is 9.59 Å². The topological polar surface area (TPSA) is 101 Å². The van der Waals surface area contributed by atoms with Gasteiger partial charge in [-0.15, -0.1) is 5.10 Å². The molecule has 29 heavy (non-hydrogen) atoms. The van der Waals surface area contributed by atoms with Gasteiger partial charge in [0, 0.05) is 36.1 Å². The first-order valence-electron chi connectivity index (χ1n) is 9.47. The van der Waals surface area contributed by atoms with Crippen LogP contribution in [0.15, 0.2) is 48.7 Å². The third-order valence-electron chi connectivity index (χ3n) is 5.02. The van der Waals surface area contributed by atoms with Crippen LogP contribution in [0.25, 0.3) is 11.3 Å². The van der Waals surface area contributed by atoms with Gasteiger partial charge < -0.3 is 16.0 Å². The third-order valence-corrected chi connectivity index (χ3v) is 5.02. The summed E-state index contributed by atoms with van der Waals surface area (Å²) in [5, 5.41) is 17.1. The number of hydrogen-bond acceptors (Lipinski definition) is 5. The fourth-order valence-corrected chi connectivity index (χ4v) is 3.31. The molecule has 0 saturated carbocycles. The van der Waals surface area contributed by atoms with Crippen molar-refractivity contribution in [2.75, 3.05) is 24.2 Å². The molecular weight excluding hydrogens is 368 g/mol. The number of benzene rings is 2. The zero-order chi connectivity index (χ0) is 20.4. The first-order chi connectivity index (χ1) is 14.0. The summed E-state index contributed by atoms with van der Waals surface area (Å²) in [5.74, 6) is -0.451. The summed E-state index contributed by atoms with van der Waals surface area (Å²) in [7, 11) is 1.56. The van der Waals surface area contributed by atoms with Crippen molar-refractivity contribution in [3.05, 3.63) is 59.8 Å². The highest BCUT2D eigenvalue weighted by Gasteiger charge is 2.19. The van der Waals surface area contributed by atoms with E-state index >= 15 is 0 Å². The standard InChI is InChI=1S/C21H22N6O2/c1-13(20(28)24-17-5-3-4-16(11-17)21(29)22-2)27-12-19(25-26-27)14-6-7-18-15(10-14)8-9-23-18/h3-7,10-13,23H,8-9H2,1-2H3,(H,22,29)(H,24,28). The Balaban J connectivity index is 1.48. The smallest absolute Gasteiger partial charge is 0.251 e. The number of fused-ring (bicyclic) bond motifs is 1. The van der Waals surface area contributed by atoms with Gasteiger partial charge in [-0.05, 0) is 49.2 Å². The third kappa shape index (κ3) is 3.82. The van der Waals surface area contributed by atoms with Crippen LogP contribution in [0, 0.1) is 0 Å². The molecule has 0 radical (unpaired) electrons. The number of anilines is 2. The minimum atomic E-state index is -0.559. The van der Waals surface area contributed by atoms with Crippen molar-refractivity contribution in [3.63, 3.8) is 0 Å². The molecule has 0 fully saturated rings. The van der Waals surface area contributed by atoms with Crippen LogP contribution in [0.5, 0.6) is 0 Å². The Hall–Kier alpha value is -3.68. The Morgan fingerprint density at radius 2 is 2.07 bits per heavy atom. The van der Waals surface area contributed by atoms with Gasteiger partial charge in [0.1, 0.15) is 11.7 Å². The lowest BCUT2D eigenvalue weighted by molar-refractivity contribution is -0.119. The maximum absolute atomic E-state index is 12.7. The molecule has 0 bridgehead atoms. The zero-order valence-corrected chi connectivity index (χ0v) is 16.3. The van der Waals surface area contributed by atoms with Crippen LogP contribution in [-0.2, 0) is 11.2 Å². The highest BCUT2D eigenvalue weighted by molar-refractivity contribution is 5.97. The van der Waals surface area contributed by atoms with E-state index in [0.717, 1.165) is 29.9 Å². The predicted octanol–water partition coefficient (Wildman–Crippen LogP) is 2.47. The largest absolute Gasteiger partial charge is 0.384 e. The summed E-state index contributed by atoms with van der Waals surface area (Å²) < 4.78 is 1.54. The molecule has 2 amide bonds. The summed E-state index contributed by atoms with van der Waals surface area (Å²) in [6.07, 6.45) is 2.76. The number of nitrogens with one attached hydrogen (secondary N) is 3. The Morgan fingerprint density at radius 1 is 1.21 bits per heavy atom. The van der Waals surface area contributed by atoms with Gasteiger partial charge in [-0.3, -0.25) is 9.59 Å². The van der Waals surface area contributed by atoms with E-state index in [-0.39, 0.29) is 11.8 Å². The van der Waals surface area contributed by atoms with E-state index in [9.17, 15) is 9.59 Å². The Morgan fingerprint density at radius 3 is 2.90 bits per heavy atom. The van der Waals surface area contributed by atoms with Crippen LogP contribution in [0.2, 0.25) is 0 Å². The van der Waals surface area contributed by atoms with Crippen LogP contribution >= 0.6 is 0 Å². The fraction of sp³-hybridized carbons (Fsp3) is 0.238. The fourth-order valence-electron chi connectivity index (χ4n) is 3.31. The Bertz CT molecular complexity index is 1070. The average molecular weight is 390 g/mol. The number of amides is 2. The molecule has 4 rings (SSSR count). The number of carbonyl (C=O) groups excluding carboxylic acids is 2. The molecule has 0 saturated heterocycles. The molecule has 2 aromatic carbocycles. The second-order valence-electron chi connectivity index (χ2n) is 6.96. The van der Waals surface area contributed by atoms with Gasteiger partial charge in [0.05, 0.1) is 6.20 Å². The number of aromatic nitrogens is 3. The van der Waals surface area contributed by atoms with Gasteiger partial charge in [0.15, 0.2) is 0 Å². The molecule has 1 atom stereocenters. The minimum absolute atomic E-state index is 0.209. The molecule has 3 aromatic rings. The maximum atomic E-state index is 12.7. The highest BCUT2D eigenvalue weighted by Crippen LogP contribution is 2.27. The van der Waals surface area contributed by atoms with Gasteiger partial charge in [-0.1, -0.05) is 17.3 Å². The van der Waals surface area contributed by atoms with Crippen LogP contribution in [0.3, 0.4) is 0 Å². The summed E-state index contributed by atoms with van der Waals surface area (Å²) in [5.41, 5.74) is 5.15. The van der Waals surface area contributed by atoms with Crippen LogP contribution in [0.1, 0.15) is 28.9 Å². The SMILES string of the molecule is CNC(=O)c1cccc(NC(=O)C(C)n2cc(-c3ccc4c(c3)CCN4)nn2)c1. The van der Waals surface area contributed by atoms with E-state index in [2.05, 4.69) is 32.3 Å². The second-order valence-corrected chi connectivity index (χ2v) is 6.96. The van der Waals surface area contributed by atoms with Gasteiger partial charge in [-0.25, -0.2) is 4.68 Å². The van der Waals surface area contributed by atoms with Crippen molar-refractivity contribution in [1.82, 2.24) is 20.3 Å². The molecule has 0 aliphatic carbocycles. The maximum Gasteiger partial charge on any atom is 0.251 e. The molecule has 3 N–H and O–H groups in total. The number of rotatable bonds is 5. The van der Waals surface area contributed by atoms with Crippen LogP contribution < -0.4 is 16.0 Å². The van der Waals surface area contributed by atoms with E-state index in [1.165, 1.54) is 5.56 Å². The molecule has 8 nitrogen and oxygen atoms in total. The summed E-state index contributed by atoms with van der Waals surface area (Å²) in [6, 6.07) is 12.4. The molecule has 0 spiro atoms. The van der Waals surface area contributed by atoms with Crippen molar-refractivity contribution in [2.45, 2.75) is 19.4 Å². The average Bonchev–Trinajstić information content (AvgIpc) is 3.41. The molecule has 1 aromatic heterocycles. The van der Waals surface area contributed by atoms with Crippen molar-refractivity contribution in [3.8, 4) is 11.3 Å². The quantitative estimate of drug-likeness (QED) is 0.621. The van der Waals surface area contributed by atoms with Crippen molar-refractivity contribution in [2.24, 2.45) is 0 Å². The van der Waals surface area contributed by atoms with Crippen molar-refractivity contribution in [1.29, 1.82) is 0 Å². The molecular formula is C21H22N6O2.